The van der Waals surface area contributed by atoms with Crippen molar-refractivity contribution in [2.24, 2.45) is 4.99 Å². The zero-order chi connectivity index (χ0) is 12.1. The topological polar surface area (TPSA) is 25.2 Å². The molecule has 0 atom stereocenters. The molecule has 1 rings (SSSR count). The predicted molar refractivity (Wildman–Crippen MR) is 71.3 cm³/mol. The fraction of sp³-hybridized carbons (Fsp3) is 0.500. The minimum atomic E-state index is 0.337. The molecule has 0 saturated heterocycles. The molecule has 16 heavy (non-hydrogen) atoms. The van der Waals surface area contributed by atoms with E-state index in [1.54, 1.807) is 6.07 Å². The van der Waals surface area contributed by atoms with Crippen LogP contribution in [-0.4, -0.2) is 10.7 Å². The Bertz CT molecular complexity index is 400. The van der Waals surface area contributed by atoms with E-state index in [2.05, 4.69) is 16.9 Å². The van der Waals surface area contributed by atoms with E-state index in [0.29, 0.717) is 10.2 Å². The van der Waals surface area contributed by atoms with Crippen LogP contribution in [0, 0.1) is 6.92 Å². The van der Waals surface area contributed by atoms with Crippen molar-refractivity contribution in [3.8, 4) is 0 Å². The van der Waals surface area contributed by atoms with Crippen LogP contribution < -0.4 is 0 Å². The van der Waals surface area contributed by atoms with Gasteiger partial charge in [0.15, 0.2) is 0 Å². The van der Waals surface area contributed by atoms with Gasteiger partial charge in [0, 0.05) is 5.71 Å². The molecule has 0 unspecified atom stereocenters. The van der Waals surface area contributed by atoms with Crippen LogP contribution >= 0.6 is 23.2 Å². The second kappa shape index (κ2) is 6.21. The molecule has 1 aromatic heterocycles. The molecule has 1 aromatic rings. The first kappa shape index (κ1) is 13.5. The Balaban J connectivity index is 2.92. The number of hydrogen-bond acceptors (Lipinski definition) is 2. The van der Waals surface area contributed by atoms with E-state index in [1.807, 2.05) is 13.8 Å². The van der Waals surface area contributed by atoms with Gasteiger partial charge in [0.05, 0.1) is 16.4 Å². The maximum absolute atomic E-state index is 5.91. The average Bonchev–Trinajstić information content (AvgIpc) is 2.23. The molecule has 0 saturated carbocycles. The van der Waals surface area contributed by atoms with Gasteiger partial charge in [0.2, 0.25) is 0 Å². The molecule has 2 nitrogen and oxygen atoms in total. The number of nitrogens with zero attached hydrogens (tertiary/aromatic N) is 2. The summed E-state index contributed by atoms with van der Waals surface area (Å²) in [7, 11) is 0. The van der Waals surface area contributed by atoms with Gasteiger partial charge in [-0.15, -0.1) is 0 Å². The summed E-state index contributed by atoms with van der Waals surface area (Å²) in [5.41, 5.74) is 2.72. The Hall–Kier alpha value is -0.600. The summed E-state index contributed by atoms with van der Waals surface area (Å²) in [5.74, 6) is 0. The van der Waals surface area contributed by atoms with Crippen LogP contribution in [0.15, 0.2) is 11.1 Å². The number of unbranched alkanes of at least 4 members (excludes halogenated alkanes) is 1. The number of pyridine rings is 1. The third kappa shape index (κ3) is 3.76. The van der Waals surface area contributed by atoms with E-state index in [1.165, 1.54) is 6.42 Å². The van der Waals surface area contributed by atoms with Crippen molar-refractivity contribution in [1.82, 2.24) is 4.98 Å². The lowest BCUT2D eigenvalue weighted by Crippen LogP contribution is -1.92. The van der Waals surface area contributed by atoms with E-state index in [4.69, 9.17) is 23.2 Å². The Labute approximate surface area is 107 Å². The molecular weight excluding hydrogens is 243 g/mol. The number of aromatic nitrogens is 1. The lowest BCUT2D eigenvalue weighted by Gasteiger charge is -2.04. The molecule has 0 amide bonds. The SMILES string of the molecule is CCCCC(C)=Nc1cc(Cl)c(Cl)nc1C. The normalized spacial score (nSPS) is 11.9. The van der Waals surface area contributed by atoms with Crippen LogP contribution in [0.3, 0.4) is 0 Å². The highest BCUT2D eigenvalue weighted by atomic mass is 35.5. The second-order valence-corrected chi connectivity index (χ2v) is 4.58. The maximum Gasteiger partial charge on any atom is 0.148 e. The van der Waals surface area contributed by atoms with Crippen molar-refractivity contribution in [2.45, 2.75) is 40.0 Å². The molecule has 0 aliphatic heterocycles. The van der Waals surface area contributed by atoms with Crippen molar-refractivity contribution in [2.75, 3.05) is 0 Å². The zero-order valence-electron chi connectivity index (χ0n) is 9.85. The Morgan fingerprint density at radius 1 is 1.44 bits per heavy atom. The van der Waals surface area contributed by atoms with Gasteiger partial charge < -0.3 is 0 Å². The Kier molecular flexibility index (Phi) is 5.23. The lowest BCUT2D eigenvalue weighted by molar-refractivity contribution is 0.833. The van der Waals surface area contributed by atoms with Crippen LogP contribution in [-0.2, 0) is 0 Å². The third-order valence-corrected chi connectivity index (χ3v) is 2.97. The van der Waals surface area contributed by atoms with Gasteiger partial charge in [-0.3, -0.25) is 4.99 Å². The summed E-state index contributed by atoms with van der Waals surface area (Å²) in [6, 6.07) is 1.77. The second-order valence-electron chi connectivity index (χ2n) is 3.82. The van der Waals surface area contributed by atoms with Gasteiger partial charge >= 0.3 is 0 Å². The van der Waals surface area contributed by atoms with Gasteiger partial charge in [0.1, 0.15) is 5.15 Å². The highest BCUT2D eigenvalue weighted by Crippen LogP contribution is 2.27. The molecular formula is C12H16Cl2N2. The number of aryl methyl sites for hydroxylation is 1. The lowest BCUT2D eigenvalue weighted by atomic mass is 10.2. The van der Waals surface area contributed by atoms with Gasteiger partial charge in [-0.25, -0.2) is 4.98 Å². The first-order valence-electron chi connectivity index (χ1n) is 5.41. The Morgan fingerprint density at radius 2 is 2.12 bits per heavy atom. The van der Waals surface area contributed by atoms with Crippen LogP contribution in [0.25, 0.3) is 0 Å². The van der Waals surface area contributed by atoms with Crippen molar-refractivity contribution in [3.63, 3.8) is 0 Å². The van der Waals surface area contributed by atoms with Crippen LogP contribution in [0.2, 0.25) is 10.2 Å². The summed E-state index contributed by atoms with van der Waals surface area (Å²) in [6.45, 7) is 6.07. The molecule has 0 spiro atoms. The van der Waals surface area contributed by atoms with Crippen molar-refractivity contribution < 1.29 is 0 Å². The van der Waals surface area contributed by atoms with Crippen molar-refractivity contribution in [3.05, 3.63) is 21.9 Å². The molecule has 0 aromatic carbocycles. The summed E-state index contributed by atoms with van der Waals surface area (Å²) >= 11 is 11.7. The van der Waals surface area contributed by atoms with E-state index in [-0.39, 0.29) is 0 Å². The highest BCUT2D eigenvalue weighted by Gasteiger charge is 2.05. The minimum absolute atomic E-state index is 0.337. The molecule has 0 N–H and O–H groups in total. The number of hydrogen-bond donors (Lipinski definition) is 0. The summed E-state index contributed by atoms with van der Waals surface area (Å²) in [5, 5.41) is 0.790. The number of halogens is 2. The smallest absolute Gasteiger partial charge is 0.148 e. The first-order chi connectivity index (χ1) is 7.54. The Morgan fingerprint density at radius 3 is 2.75 bits per heavy atom. The largest absolute Gasteiger partial charge is 0.256 e. The predicted octanol–water partition coefficient (Wildman–Crippen LogP) is 4.98. The highest BCUT2D eigenvalue weighted by molar-refractivity contribution is 6.41. The van der Waals surface area contributed by atoms with E-state index < -0.39 is 0 Å². The molecule has 88 valence electrons. The summed E-state index contributed by atoms with van der Waals surface area (Å²) < 4.78 is 0. The fourth-order valence-electron chi connectivity index (χ4n) is 1.35. The molecule has 0 fully saturated rings. The summed E-state index contributed by atoms with van der Waals surface area (Å²) in [4.78, 5) is 8.64. The summed E-state index contributed by atoms with van der Waals surface area (Å²) in [6.07, 6.45) is 3.34. The molecule has 4 heteroatoms. The molecule has 0 radical (unpaired) electrons. The standard InChI is InChI=1S/C12H16Cl2N2/c1-4-5-6-8(2)15-11-7-10(13)12(14)16-9(11)3/h7H,4-6H2,1-3H3. The van der Waals surface area contributed by atoms with Crippen LogP contribution in [0.4, 0.5) is 5.69 Å². The fourth-order valence-corrected chi connectivity index (χ4v) is 1.68. The number of rotatable bonds is 4. The van der Waals surface area contributed by atoms with Crippen LogP contribution in [0.1, 0.15) is 38.8 Å². The first-order valence-corrected chi connectivity index (χ1v) is 6.17. The number of aliphatic imine (C=N–C) groups is 1. The van der Waals surface area contributed by atoms with E-state index in [9.17, 15) is 0 Å². The maximum atomic E-state index is 5.91. The van der Waals surface area contributed by atoms with Crippen molar-refractivity contribution >= 4 is 34.6 Å². The van der Waals surface area contributed by atoms with Crippen LogP contribution in [0.5, 0.6) is 0 Å². The van der Waals surface area contributed by atoms with Crippen molar-refractivity contribution in [1.29, 1.82) is 0 Å². The molecule has 0 aliphatic rings. The van der Waals surface area contributed by atoms with Gasteiger partial charge in [-0.1, -0.05) is 36.5 Å². The van der Waals surface area contributed by atoms with Gasteiger partial charge in [-0.2, -0.15) is 0 Å². The molecule has 0 bridgehead atoms. The zero-order valence-corrected chi connectivity index (χ0v) is 11.4. The van der Waals surface area contributed by atoms with E-state index >= 15 is 0 Å². The van der Waals surface area contributed by atoms with Gasteiger partial charge in [-0.05, 0) is 32.8 Å². The third-order valence-electron chi connectivity index (χ3n) is 2.30. The van der Waals surface area contributed by atoms with Gasteiger partial charge in [0.25, 0.3) is 0 Å². The monoisotopic (exact) mass is 258 g/mol. The average molecular weight is 259 g/mol. The molecule has 0 aliphatic carbocycles. The quantitative estimate of drug-likeness (QED) is 0.553. The minimum Gasteiger partial charge on any atom is -0.256 e. The molecule has 1 heterocycles. The van der Waals surface area contributed by atoms with E-state index in [0.717, 1.165) is 29.9 Å².